The minimum atomic E-state index is -0.647. The molecule has 1 amide bonds. The number of hydrogen-bond acceptors (Lipinski definition) is 6. The molecular weight excluding hydrogens is 372 g/mol. The van der Waals surface area contributed by atoms with Crippen LogP contribution in [0, 0.1) is 11.3 Å². The maximum absolute atomic E-state index is 12.3. The number of ether oxygens (including phenoxy) is 2. The number of esters is 1. The van der Waals surface area contributed by atoms with Crippen LogP contribution in [0.2, 0.25) is 5.02 Å². The fourth-order valence-corrected chi connectivity index (χ4v) is 2.37. The van der Waals surface area contributed by atoms with Crippen LogP contribution in [0.1, 0.15) is 15.9 Å². The van der Waals surface area contributed by atoms with E-state index in [1.165, 1.54) is 56.7 Å². The highest BCUT2D eigenvalue weighted by Crippen LogP contribution is 2.35. The number of amides is 1. The Morgan fingerprint density at radius 3 is 2.44 bits per heavy atom. The van der Waals surface area contributed by atoms with Crippen LogP contribution in [-0.2, 0) is 9.53 Å². The number of phenols is 1. The average molecular weight is 387 g/mol. The molecule has 0 radical (unpaired) electrons. The number of halogens is 1. The second-order valence-corrected chi connectivity index (χ2v) is 5.65. The van der Waals surface area contributed by atoms with Gasteiger partial charge in [-0.25, -0.2) is 4.79 Å². The van der Waals surface area contributed by atoms with E-state index >= 15 is 0 Å². The molecule has 2 N–H and O–H groups in total. The van der Waals surface area contributed by atoms with Crippen molar-refractivity contribution in [1.29, 1.82) is 5.26 Å². The van der Waals surface area contributed by atoms with Crippen LogP contribution < -0.4 is 10.1 Å². The van der Waals surface area contributed by atoms with Crippen molar-refractivity contribution < 1.29 is 24.2 Å². The number of nitrogens with one attached hydrogen (secondary N) is 1. The molecule has 0 atom stereocenters. The standard InChI is InChI=1S/C19H15ClN2O5/c1-26-16-9-11(8-15(20)17(16)23)7-13(10-21)18(24)22-14-5-3-12(4-6-14)19(25)27-2/h3-9,23H,1-2H3,(H,22,24)/b13-7+. The van der Waals surface area contributed by atoms with Crippen molar-refractivity contribution in [1.82, 2.24) is 0 Å². The SMILES string of the molecule is COC(=O)c1ccc(NC(=O)/C(C#N)=C/c2cc(Cl)c(O)c(OC)c2)cc1. The first-order chi connectivity index (χ1) is 12.9. The van der Waals surface area contributed by atoms with E-state index in [1.54, 1.807) is 0 Å². The third kappa shape index (κ3) is 4.77. The molecule has 138 valence electrons. The molecule has 8 heteroatoms. The predicted molar refractivity (Wildman–Crippen MR) is 99.7 cm³/mol. The third-order valence-corrected chi connectivity index (χ3v) is 3.80. The van der Waals surface area contributed by atoms with Gasteiger partial charge in [0.15, 0.2) is 11.5 Å². The number of methoxy groups -OCH3 is 2. The highest BCUT2D eigenvalue weighted by molar-refractivity contribution is 6.32. The number of carbonyl (C=O) groups is 2. The van der Waals surface area contributed by atoms with E-state index in [2.05, 4.69) is 10.1 Å². The summed E-state index contributed by atoms with van der Waals surface area (Å²) in [4.78, 5) is 23.7. The van der Waals surface area contributed by atoms with Crippen LogP contribution in [0.25, 0.3) is 6.08 Å². The van der Waals surface area contributed by atoms with Crippen molar-refractivity contribution in [3.05, 3.63) is 58.1 Å². The fourth-order valence-electron chi connectivity index (χ4n) is 2.15. The Labute approximate surface area is 160 Å². The topological polar surface area (TPSA) is 109 Å². The van der Waals surface area contributed by atoms with E-state index in [0.29, 0.717) is 16.8 Å². The van der Waals surface area contributed by atoms with Crippen molar-refractivity contribution in [2.45, 2.75) is 0 Å². The van der Waals surface area contributed by atoms with E-state index in [4.69, 9.17) is 16.3 Å². The monoisotopic (exact) mass is 386 g/mol. The van der Waals surface area contributed by atoms with Crippen molar-refractivity contribution in [2.75, 3.05) is 19.5 Å². The number of benzene rings is 2. The van der Waals surface area contributed by atoms with Gasteiger partial charge in [0.05, 0.1) is 24.8 Å². The zero-order valence-corrected chi connectivity index (χ0v) is 15.2. The molecule has 0 saturated carbocycles. The number of anilines is 1. The maximum atomic E-state index is 12.3. The van der Waals surface area contributed by atoms with Crippen molar-refractivity contribution in [3.8, 4) is 17.6 Å². The van der Waals surface area contributed by atoms with Gasteiger partial charge >= 0.3 is 5.97 Å². The summed E-state index contributed by atoms with van der Waals surface area (Å²) in [5.74, 6) is -1.26. The van der Waals surface area contributed by atoms with Crippen LogP contribution in [0.5, 0.6) is 11.5 Å². The molecule has 2 rings (SSSR count). The molecule has 0 saturated heterocycles. The third-order valence-electron chi connectivity index (χ3n) is 3.51. The Hall–Kier alpha value is -3.50. The van der Waals surface area contributed by atoms with Crippen LogP contribution >= 0.6 is 11.6 Å². The van der Waals surface area contributed by atoms with Gasteiger partial charge in [0.25, 0.3) is 5.91 Å². The van der Waals surface area contributed by atoms with Crippen molar-refractivity contribution >= 4 is 35.2 Å². The first kappa shape index (κ1) is 19.8. The first-order valence-corrected chi connectivity index (χ1v) is 7.95. The molecule has 0 bridgehead atoms. The zero-order chi connectivity index (χ0) is 20.0. The van der Waals surface area contributed by atoms with E-state index in [-0.39, 0.29) is 22.1 Å². The Morgan fingerprint density at radius 2 is 1.89 bits per heavy atom. The minimum absolute atomic E-state index is 0.0247. The van der Waals surface area contributed by atoms with Crippen LogP contribution in [0.15, 0.2) is 42.0 Å². The number of carbonyl (C=O) groups excluding carboxylic acids is 2. The quantitative estimate of drug-likeness (QED) is 0.463. The van der Waals surface area contributed by atoms with Gasteiger partial charge in [0, 0.05) is 5.69 Å². The molecule has 2 aromatic rings. The Balaban J connectivity index is 2.23. The van der Waals surface area contributed by atoms with Crippen LogP contribution in [-0.4, -0.2) is 31.2 Å². The van der Waals surface area contributed by atoms with Gasteiger partial charge < -0.3 is 19.9 Å². The van der Waals surface area contributed by atoms with E-state index < -0.39 is 11.9 Å². The summed E-state index contributed by atoms with van der Waals surface area (Å²) in [6.45, 7) is 0. The van der Waals surface area contributed by atoms with E-state index in [0.717, 1.165) is 0 Å². The number of aromatic hydroxyl groups is 1. The highest BCUT2D eigenvalue weighted by Gasteiger charge is 2.13. The van der Waals surface area contributed by atoms with Gasteiger partial charge in [-0.3, -0.25) is 4.79 Å². The second-order valence-electron chi connectivity index (χ2n) is 5.25. The summed E-state index contributed by atoms with van der Waals surface area (Å²) in [6, 6.07) is 10.7. The summed E-state index contributed by atoms with van der Waals surface area (Å²) in [5, 5.41) is 21.6. The lowest BCUT2D eigenvalue weighted by Gasteiger charge is -2.08. The van der Waals surface area contributed by atoms with E-state index in [9.17, 15) is 20.0 Å². The summed E-state index contributed by atoms with van der Waals surface area (Å²) in [6.07, 6.45) is 1.31. The first-order valence-electron chi connectivity index (χ1n) is 7.57. The van der Waals surface area contributed by atoms with Crippen LogP contribution in [0.4, 0.5) is 5.69 Å². The molecular formula is C19H15ClN2O5. The molecule has 0 heterocycles. The number of rotatable bonds is 5. The lowest BCUT2D eigenvalue weighted by atomic mass is 10.1. The number of hydrogen-bond donors (Lipinski definition) is 2. The Morgan fingerprint density at radius 1 is 1.22 bits per heavy atom. The minimum Gasteiger partial charge on any atom is -0.503 e. The van der Waals surface area contributed by atoms with Crippen LogP contribution in [0.3, 0.4) is 0 Å². The number of nitrogens with zero attached hydrogens (tertiary/aromatic N) is 1. The van der Waals surface area contributed by atoms with Crippen molar-refractivity contribution in [3.63, 3.8) is 0 Å². The Bertz CT molecular complexity index is 946. The molecule has 2 aromatic carbocycles. The predicted octanol–water partition coefficient (Wildman–Crippen LogP) is 3.39. The molecule has 27 heavy (non-hydrogen) atoms. The molecule has 0 aromatic heterocycles. The molecule has 0 unspecified atom stereocenters. The molecule has 0 aliphatic heterocycles. The summed E-state index contributed by atoms with van der Waals surface area (Å²) >= 11 is 5.91. The van der Waals surface area contributed by atoms with Crippen molar-refractivity contribution in [2.24, 2.45) is 0 Å². The Kier molecular flexibility index (Phi) is 6.41. The lowest BCUT2D eigenvalue weighted by Crippen LogP contribution is -2.13. The normalized spacial score (nSPS) is 10.7. The summed E-state index contributed by atoms with van der Waals surface area (Å²) < 4.78 is 9.59. The second kappa shape index (κ2) is 8.74. The van der Waals surface area contributed by atoms with E-state index in [1.807, 2.05) is 6.07 Å². The smallest absolute Gasteiger partial charge is 0.337 e. The maximum Gasteiger partial charge on any atom is 0.337 e. The number of phenolic OH excluding ortho intramolecular Hbond substituents is 1. The average Bonchev–Trinajstić information content (AvgIpc) is 2.68. The molecule has 0 aliphatic carbocycles. The van der Waals surface area contributed by atoms with Gasteiger partial charge in [-0.05, 0) is 48.0 Å². The van der Waals surface area contributed by atoms with Gasteiger partial charge in [0.1, 0.15) is 11.6 Å². The van der Waals surface area contributed by atoms with Gasteiger partial charge in [-0.2, -0.15) is 5.26 Å². The molecule has 0 spiro atoms. The summed E-state index contributed by atoms with van der Waals surface area (Å²) in [7, 11) is 2.63. The number of nitriles is 1. The van der Waals surface area contributed by atoms with Gasteiger partial charge in [-0.1, -0.05) is 11.6 Å². The molecule has 0 aliphatic rings. The molecule has 0 fully saturated rings. The highest BCUT2D eigenvalue weighted by atomic mass is 35.5. The lowest BCUT2D eigenvalue weighted by molar-refractivity contribution is -0.112. The fraction of sp³-hybridized carbons (Fsp3) is 0.105. The summed E-state index contributed by atoms with van der Waals surface area (Å²) in [5.41, 5.74) is 0.950. The van der Waals surface area contributed by atoms with Gasteiger partial charge in [-0.15, -0.1) is 0 Å². The zero-order valence-electron chi connectivity index (χ0n) is 14.4. The molecule has 7 nitrogen and oxygen atoms in total. The largest absolute Gasteiger partial charge is 0.503 e. The van der Waals surface area contributed by atoms with Gasteiger partial charge in [0.2, 0.25) is 0 Å².